The van der Waals surface area contributed by atoms with Gasteiger partial charge in [-0.1, -0.05) is 38.1 Å². The SMILES string of the molecule is CC(C)c1ccc(NC(=O)OC2(N)CCN(Cc3ccc(C(F)(F)F)cc3)CC2)cc1.Cl. The van der Waals surface area contributed by atoms with Gasteiger partial charge in [0, 0.05) is 38.2 Å². The lowest BCUT2D eigenvalue weighted by atomic mass is 10.0. The number of anilines is 1. The van der Waals surface area contributed by atoms with Gasteiger partial charge in [-0.15, -0.1) is 12.4 Å². The summed E-state index contributed by atoms with van der Waals surface area (Å²) in [6.45, 7) is 5.86. The predicted octanol–water partition coefficient (Wildman–Crippen LogP) is 5.75. The Bertz CT molecular complexity index is 879. The maximum Gasteiger partial charge on any atom is 0.416 e. The van der Waals surface area contributed by atoms with Crippen LogP contribution in [0.1, 0.15) is 49.3 Å². The van der Waals surface area contributed by atoms with Gasteiger partial charge < -0.3 is 4.74 Å². The van der Waals surface area contributed by atoms with Gasteiger partial charge in [-0.3, -0.25) is 16.0 Å². The number of halogens is 4. The van der Waals surface area contributed by atoms with Gasteiger partial charge in [-0.2, -0.15) is 13.2 Å². The standard InChI is InChI=1S/C23H28F3N3O2.ClH/c1-16(2)18-5-9-20(10-6-18)28-21(30)31-22(27)11-13-29(14-12-22)15-17-3-7-19(8-4-17)23(24,25)26;/h3-10,16H,11-15,27H2,1-2H3,(H,28,30);1H. The Morgan fingerprint density at radius 1 is 1.09 bits per heavy atom. The Labute approximate surface area is 192 Å². The minimum atomic E-state index is -4.34. The molecule has 0 saturated carbocycles. The summed E-state index contributed by atoms with van der Waals surface area (Å²) in [5.74, 6) is 0.404. The molecule has 0 spiro atoms. The van der Waals surface area contributed by atoms with E-state index in [1.54, 1.807) is 0 Å². The van der Waals surface area contributed by atoms with Crippen molar-refractivity contribution in [3.8, 4) is 0 Å². The van der Waals surface area contributed by atoms with E-state index in [4.69, 9.17) is 10.5 Å². The van der Waals surface area contributed by atoms with Crippen LogP contribution in [0.5, 0.6) is 0 Å². The molecule has 0 bridgehead atoms. The summed E-state index contributed by atoms with van der Waals surface area (Å²) < 4.78 is 43.5. The first-order chi connectivity index (χ1) is 14.5. The van der Waals surface area contributed by atoms with Crippen molar-refractivity contribution >= 4 is 24.2 Å². The lowest BCUT2D eigenvalue weighted by molar-refractivity contribution is -0.137. The Morgan fingerprint density at radius 2 is 1.66 bits per heavy atom. The third kappa shape index (κ3) is 7.12. The summed E-state index contributed by atoms with van der Waals surface area (Å²) in [5.41, 5.74) is 7.14. The quantitative estimate of drug-likeness (QED) is 0.545. The van der Waals surface area contributed by atoms with Gasteiger partial charge in [-0.05, 0) is 41.3 Å². The first-order valence-electron chi connectivity index (χ1n) is 10.3. The van der Waals surface area contributed by atoms with Gasteiger partial charge in [0.25, 0.3) is 0 Å². The number of rotatable bonds is 5. The zero-order valence-electron chi connectivity index (χ0n) is 18.1. The summed E-state index contributed by atoms with van der Waals surface area (Å²) >= 11 is 0. The maximum absolute atomic E-state index is 12.7. The predicted molar refractivity (Wildman–Crippen MR) is 121 cm³/mol. The van der Waals surface area contributed by atoms with Gasteiger partial charge in [0.05, 0.1) is 5.56 Å². The molecule has 1 amide bonds. The van der Waals surface area contributed by atoms with Crippen LogP contribution in [0.2, 0.25) is 0 Å². The minimum absolute atomic E-state index is 0. The molecule has 32 heavy (non-hydrogen) atoms. The summed E-state index contributed by atoms with van der Waals surface area (Å²) in [6, 6.07) is 12.7. The highest BCUT2D eigenvalue weighted by molar-refractivity contribution is 5.85. The Morgan fingerprint density at radius 3 is 2.16 bits per heavy atom. The largest absolute Gasteiger partial charge is 0.428 e. The highest BCUT2D eigenvalue weighted by Crippen LogP contribution is 2.30. The van der Waals surface area contributed by atoms with Gasteiger partial charge in [-0.25, -0.2) is 4.79 Å². The zero-order chi connectivity index (χ0) is 22.6. The van der Waals surface area contributed by atoms with Gasteiger partial charge in [0.1, 0.15) is 0 Å². The smallest absolute Gasteiger partial charge is 0.416 e. The highest BCUT2D eigenvalue weighted by atomic mass is 35.5. The molecule has 2 aromatic rings. The summed E-state index contributed by atoms with van der Waals surface area (Å²) in [5, 5.41) is 2.70. The lowest BCUT2D eigenvalue weighted by Crippen LogP contribution is -2.53. The second-order valence-corrected chi connectivity index (χ2v) is 8.33. The van der Waals surface area contributed by atoms with Crippen molar-refractivity contribution in [2.45, 2.75) is 51.1 Å². The van der Waals surface area contributed by atoms with E-state index in [2.05, 4.69) is 24.1 Å². The second-order valence-electron chi connectivity index (χ2n) is 8.33. The lowest BCUT2D eigenvalue weighted by Gasteiger charge is -2.38. The fourth-order valence-corrected chi connectivity index (χ4v) is 3.53. The zero-order valence-corrected chi connectivity index (χ0v) is 18.9. The molecule has 3 N–H and O–H groups in total. The van der Waals surface area contributed by atoms with Crippen molar-refractivity contribution in [1.82, 2.24) is 4.90 Å². The van der Waals surface area contributed by atoms with Crippen LogP contribution < -0.4 is 11.1 Å². The van der Waals surface area contributed by atoms with E-state index in [0.29, 0.717) is 44.1 Å². The first kappa shape index (κ1) is 26.0. The van der Waals surface area contributed by atoms with Crippen LogP contribution in [-0.2, 0) is 17.5 Å². The Kier molecular flexibility index (Phi) is 8.56. The molecule has 1 fully saturated rings. The van der Waals surface area contributed by atoms with Crippen molar-refractivity contribution < 1.29 is 22.7 Å². The van der Waals surface area contributed by atoms with E-state index in [1.165, 1.54) is 17.7 Å². The third-order valence-electron chi connectivity index (χ3n) is 5.51. The number of carbonyl (C=O) groups excluding carboxylic acids is 1. The molecular formula is C23H29ClF3N3O2. The molecule has 0 aliphatic carbocycles. The van der Waals surface area contributed by atoms with E-state index in [-0.39, 0.29) is 12.4 Å². The van der Waals surface area contributed by atoms with E-state index in [9.17, 15) is 18.0 Å². The average Bonchev–Trinajstić information content (AvgIpc) is 2.70. The molecule has 1 aliphatic heterocycles. The first-order valence-corrected chi connectivity index (χ1v) is 10.3. The van der Waals surface area contributed by atoms with E-state index in [1.807, 2.05) is 24.3 Å². The number of nitrogens with one attached hydrogen (secondary N) is 1. The van der Waals surface area contributed by atoms with Crippen LogP contribution in [0.4, 0.5) is 23.7 Å². The normalized spacial score (nSPS) is 16.3. The Hall–Kier alpha value is -2.29. The number of benzene rings is 2. The van der Waals surface area contributed by atoms with Crippen LogP contribution in [0.25, 0.3) is 0 Å². The van der Waals surface area contributed by atoms with Crippen LogP contribution in [-0.4, -0.2) is 29.8 Å². The van der Waals surface area contributed by atoms with Crippen LogP contribution >= 0.6 is 12.4 Å². The molecule has 5 nitrogen and oxygen atoms in total. The van der Waals surface area contributed by atoms with Crippen molar-refractivity contribution in [3.05, 3.63) is 65.2 Å². The average molecular weight is 472 g/mol. The fraction of sp³-hybridized carbons (Fsp3) is 0.435. The van der Waals surface area contributed by atoms with E-state index < -0.39 is 23.6 Å². The molecule has 0 aromatic heterocycles. The molecule has 0 unspecified atom stereocenters. The van der Waals surface area contributed by atoms with Crippen molar-refractivity contribution in [2.24, 2.45) is 5.73 Å². The number of likely N-dealkylation sites (tertiary alicyclic amines) is 1. The molecule has 1 saturated heterocycles. The maximum atomic E-state index is 12.7. The number of carbonyl (C=O) groups is 1. The van der Waals surface area contributed by atoms with Crippen LogP contribution in [0, 0.1) is 0 Å². The number of nitrogens with two attached hydrogens (primary N) is 1. The molecule has 1 aliphatic rings. The molecule has 9 heteroatoms. The van der Waals surface area contributed by atoms with E-state index in [0.717, 1.165) is 17.7 Å². The number of piperidine rings is 1. The molecule has 1 heterocycles. The molecule has 0 radical (unpaired) electrons. The van der Waals surface area contributed by atoms with Crippen LogP contribution in [0.15, 0.2) is 48.5 Å². The molecule has 176 valence electrons. The molecule has 3 rings (SSSR count). The molecular weight excluding hydrogens is 443 g/mol. The third-order valence-corrected chi connectivity index (χ3v) is 5.51. The number of hydrogen-bond donors (Lipinski definition) is 2. The fourth-order valence-electron chi connectivity index (χ4n) is 3.53. The number of nitrogens with zero attached hydrogens (tertiary/aromatic N) is 1. The molecule has 0 atom stereocenters. The summed E-state index contributed by atoms with van der Waals surface area (Å²) in [7, 11) is 0. The number of alkyl halides is 3. The van der Waals surface area contributed by atoms with Crippen molar-refractivity contribution in [2.75, 3.05) is 18.4 Å². The summed E-state index contributed by atoms with van der Waals surface area (Å²) in [4.78, 5) is 14.4. The minimum Gasteiger partial charge on any atom is -0.428 e. The van der Waals surface area contributed by atoms with Gasteiger partial charge in [0.2, 0.25) is 0 Å². The number of amides is 1. The van der Waals surface area contributed by atoms with Crippen molar-refractivity contribution in [3.63, 3.8) is 0 Å². The van der Waals surface area contributed by atoms with Gasteiger partial charge in [0.15, 0.2) is 5.72 Å². The second kappa shape index (κ2) is 10.6. The van der Waals surface area contributed by atoms with E-state index >= 15 is 0 Å². The van der Waals surface area contributed by atoms with Crippen molar-refractivity contribution in [1.29, 1.82) is 0 Å². The summed E-state index contributed by atoms with van der Waals surface area (Å²) in [6.07, 6.45) is -4.06. The van der Waals surface area contributed by atoms with Gasteiger partial charge >= 0.3 is 12.3 Å². The highest BCUT2D eigenvalue weighted by Gasteiger charge is 2.35. The number of hydrogen-bond acceptors (Lipinski definition) is 4. The number of ether oxygens (including phenoxy) is 1. The Balaban J connectivity index is 0.00000363. The topological polar surface area (TPSA) is 67.6 Å². The molecule has 2 aromatic carbocycles. The van der Waals surface area contributed by atoms with Crippen LogP contribution in [0.3, 0.4) is 0 Å². The monoisotopic (exact) mass is 471 g/mol.